The van der Waals surface area contributed by atoms with Crippen LogP contribution in [0.2, 0.25) is 0 Å². The van der Waals surface area contributed by atoms with E-state index in [1.807, 2.05) is 20.0 Å². The molecule has 0 radical (unpaired) electrons. The zero-order valence-electron chi connectivity index (χ0n) is 16.6. The predicted octanol–water partition coefficient (Wildman–Crippen LogP) is 3.73. The van der Waals surface area contributed by atoms with Gasteiger partial charge in [-0.3, -0.25) is 4.68 Å². The lowest BCUT2D eigenvalue weighted by Crippen LogP contribution is -2.18. The van der Waals surface area contributed by atoms with Crippen LogP contribution in [0.5, 0.6) is 0 Å². The number of hydrogen-bond acceptors (Lipinski definition) is 5. The van der Waals surface area contributed by atoms with Gasteiger partial charge in [0.15, 0.2) is 0 Å². The summed E-state index contributed by atoms with van der Waals surface area (Å²) in [6.45, 7) is 1.90. The average Bonchev–Trinajstić information content (AvgIpc) is 3.03. The Hall–Kier alpha value is -3.30. The summed E-state index contributed by atoms with van der Waals surface area (Å²) in [7, 11) is -0.288. The van der Waals surface area contributed by atoms with E-state index in [1.54, 1.807) is 28.9 Å². The second-order valence-corrected chi connectivity index (χ2v) is 8.71. The molecule has 154 valence electrons. The summed E-state index contributed by atoms with van der Waals surface area (Å²) in [4.78, 5) is 4.91. The number of halogens is 1. The van der Waals surface area contributed by atoms with Crippen LogP contribution in [0.1, 0.15) is 5.69 Å². The van der Waals surface area contributed by atoms with Gasteiger partial charge in [-0.25, -0.2) is 22.5 Å². The molecule has 2 aromatic heterocycles. The topological polar surface area (TPSA) is 88.9 Å². The first kappa shape index (κ1) is 20.0. The first-order valence-corrected chi connectivity index (χ1v) is 10.7. The molecule has 4 rings (SSSR count). The predicted molar refractivity (Wildman–Crippen MR) is 115 cm³/mol. The van der Waals surface area contributed by atoms with Crippen molar-refractivity contribution in [1.82, 2.24) is 19.5 Å². The van der Waals surface area contributed by atoms with Gasteiger partial charge in [-0.1, -0.05) is 0 Å². The van der Waals surface area contributed by atoms with Crippen molar-refractivity contribution >= 4 is 32.4 Å². The van der Waals surface area contributed by atoms with Crippen LogP contribution in [-0.2, 0) is 17.1 Å². The van der Waals surface area contributed by atoms with E-state index in [4.69, 9.17) is 4.98 Å². The Kier molecular flexibility index (Phi) is 5.00. The fourth-order valence-electron chi connectivity index (χ4n) is 3.30. The van der Waals surface area contributed by atoms with Crippen molar-refractivity contribution in [1.29, 1.82) is 0 Å². The number of rotatable bonds is 5. The van der Waals surface area contributed by atoms with Crippen molar-refractivity contribution in [2.75, 3.05) is 12.4 Å². The van der Waals surface area contributed by atoms with E-state index in [-0.39, 0.29) is 10.7 Å². The highest BCUT2D eigenvalue weighted by Crippen LogP contribution is 2.32. The number of pyridine rings is 1. The molecule has 2 heterocycles. The molecule has 0 unspecified atom stereocenters. The van der Waals surface area contributed by atoms with Crippen LogP contribution in [0.25, 0.3) is 22.2 Å². The van der Waals surface area contributed by atoms with Crippen LogP contribution >= 0.6 is 0 Å². The average molecular weight is 425 g/mol. The number of fused-ring (bicyclic) bond motifs is 1. The first-order chi connectivity index (χ1) is 14.3. The monoisotopic (exact) mass is 425 g/mol. The third-order valence-corrected chi connectivity index (χ3v) is 6.28. The molecule has 0 saturated carbocycles. The minimum Gasteiger partial charge on any atom is -0.340 e. The van der Waals surface area contributed by atoms with Crippen molar-refractivity contribution in [2.24, 2.45) is 7.05 Å². The molecule has 0 aliphatic heterocycles. The minimum absolute atomic E-state index is 0.172. The van der Waals surface area contributed by atoms with Gasteiger partial charge in [0, 0.05) is 18.3 Å². The summed E-state index contributed by atoms with van der Waals surface area (Å²) in [5.41, 5.74) is 3.80. The van der Waals surface area contributed by atoms with Crippen molar-refractivity contribution in [2.45, 2.75) is 11.8 Å². The summed E-state index contributed by atoms with van der Waals surface area (Å²) in [5.74, 6) is 0.271. The number of aryl methyl sites for hydroxylation is 2. The molecule has 7 nitrogen and oxygen atoms in total. The number of benzene rings is 2. The molecule has 0 bridgehead atoms. The fourth-order valence-corrected chi connectivity index (χ4v) is 4.03. The van der Waals surface area contributed by atoms with Crippen LogP contribution < -0.4 is 10.0 Å². The molecular formula is C21H20FN5O2S. The number of nitrogens with zero attached hydrogens (tertiary/aromatic N) is 3. The van der Waals surface area contributed by atoms with Gasteiger partial charge in [-0.2, -0.15) is 5.10 Å². The van der Waals surface area contributed by atoms with Crippen molar-refractivity contribution in [3.63, 3.8) is 0 Å². The molecule has 0 aliphatic rings. The SMILES string of the molecule is CNS(=O)(=O)c1ccc(Nc2nc(-c3ccc(F)cc3)cc3c2c(C)nn3C)cc1. The summed E-state index contributed by atoms with van der Waals surface area (Å²) in [6.07, 6.45) is 0. The maximum atomic E-state index is 13.3. The van der Waals surface area contributed by atoms with Crippen LogP contribution in [-0.4, -0.2) is 30.2 Å². The molecule has 9 heteroatoms. The van der Waals surface area contributed by atoms with E-state index in [1.165, 1.54) is 31.3 Å². The number of aromatic nitrogens is 3. The van der Waals surface area contributed by atoms with E-state index in [0.717, 1.165) is 22.2 Å². The molecule has 0 fully saturated rings. The Morgan fingerprint density at radius 3 is 2.33 bits per heavy atom. The highest BCUT2D eigenvalue weighted by Gasteiger charge is 2.16. The smallest absolute Gasteiger partial charge is 0.240 e. The van der Waals surface area contributed by atoms with Crippen molar-refractivity contribution in [3.05, 3.63) is 66.1 Å². The van der Waals surface area contributed by atoms with Gasteiger partial charge < -0.3 is 5.32 Å². The quantitative estimate of drug-likeness (QED) is 0.509. The van der Waals surface area contributed by atoms with E-state index in [9.17, 15) is 12.8 Å². The zero-order valence-corrected chi connectivity index (χ0v) is 17.5. The molecule has 0 aliphatic carbocycles. The Bertz CT molecular complexity index is 1330. The van der Waals surface area contributed by atoms with Gasteiger partial charge >= 0.3 is 0 Å². The lowest BCUT2D eigenvalue weighted by atomic mass is 10.1. The van der Waals surface area contributed by atoms with E-state index >= 15 is 0 Å². The molecule has 0 spiro atoms. The van der Waals surface area contributed by atoms with Gasteiger partial charge in [0.05, 0.1) is 27.2 Å². The Balaban J connectivity index is 1.80. The van der Waals surface area contributed by atoms with Gasteiger partial charge in [-0.05, 0) is 68.6 Å². The number of sulfonamides is 1. The number of nitrogens with one attached hydrogen (secondary N) is 2. The summed E-state index contributed by atoms with van der Waals surface area (Å²) >= 11 is 0. The summed E-state index contributed by atoms with van der Waals surface area (Å²) in [5, 5.41) is 8.61. The Morgan fingerprint density at radius 2 is 1.70 bits per heavy atom. The van der Waals surface area contributed by atoms with Gasteiger partial charge in [-0.15, -0.1) is 0 Å². The molecule has 0 saturated heterocycles. The summed E-state index contributed by atoms with van der Waals surface area (Å²) < 4.78 is 41.3. The molecule has 0 amide bonds. The second-order valence-electron chi connectivity index (χ2n) is 6.82. The van der Waals surface area contributed by atoms with Gasteiger partial charge in [0.1, 0.15) is 11.6 Å². The highest BCUT2D eigenvalue weighted by molar-refractivity contribution is 7.89. The Morgan fingerprint density at radius 1 is 1.03 bits per heavy atom. The zero-order chi connectivity index (χ0) is 21.5. The maximum Gasteiger partial charge on any atom is 0.240 e. The van der Waals surface area contributed by atoms with E-state index in [2.05, 4.69) is 15.1 Å². The van der Waals surface area contributed by atoms with Crippen molar-refractivity contribution in [3.8, 4) is 11.3 Å². The normalized spacial score (nSPS) is 11.7. The lowest BCUT2D eigenvalue weighted by Gasteiger charge is -2.11. The largest absolute Gasteiger partial charge is 0.340 e. The first-order valence-electron chi connectivity index (χ1n) is 9.19. The highest BCUT2D eigenvalue weighted by atomic mass is 32.2. The third kappa shape index (κ3) is 3.64. The molecule has 30 heavy (non-hydrogen) atoms. The third-order valence-electron chi connectivity index (χ3n) is 4.85. The summed E-state index contributed by atoms with van der Waals surface area (Å²) in [6, 6.07) is 14.4. The van der Waals surface area contributed by atoms with E-state index in [0.29, 0.717) is 17.2 Å². The van der Waals surface area contributed by atoms with Crippen molar-refractivity contribution < 1.29 is 12.8 Å². The maximum absolute atomic E-state index is 13.3. The second kappa shape index (κ2) is 7.51. The van der Waals surface area contributed by atoms with Crippen LogP contribution in [0.3, 0.4) is 0 Å². The fraction of sp³-hybridized carbons (Fsp3) is 0.143. The molecule has 4 aromatic rings. The number of hydrogen-bond donors (Lipinski definition) is 2. The van der Waals surface area contributed by atoms with E-state index < -0.39 is 10.0 Å². The molecule has 2 aromatic carbocycles. The molecular weight excluding hydrogens is 405 g/mol. The van der Waals surface area contributed by atoms with Crippen LogP contribution in [0, 0.1) is 12.7 Å². The van der Waals surface area contributed by atoms with Gasteiger partial charge in [0.25, 0.3) is 0 Å². The minimum atomic E-state index is -3.51. The standard InChI is InChI=1S/C21H20FN5O2S/c1-13-20-19(27(3)26-13)12-18(14-4-6-15(22)7-5-14)25-21(20)24-16-8-10-17(11-9-16)30(28,29)23-2/h4-12,23H,1-3H3,(H,24,25). The molecule has 0 atom stereocenters. The van der Waals surface area contributed by atoms with Gasteiger partial charge in [0.2, 0.25) is 10.0 Å². The molecule has 2 N–H and O–H groups in total. The van der Waals surface area contributed by atoms with Crippen LogP contribution in [0.15, 0.2) is 59.5 Å². The van der Waals surface area contributed by atoms with Crippen LogP contribution in [0.4, 0.5) is 15.9 Å². The number of anilines is 2. The lowest BCUT2D eigenvalue weighted by molar-refractivity contribution is 0.588. The Labute approximate surface area is 173 Å².